The van der Waals surface area contributed by atoms with E-state index < -0.39 is 0 Å². The Morgan fingerprint density at radius 1 is 1.35 bits per heavy atom. The number of rotatable bonds is 2. The maximum Gasteiger partial charge on any atom is 0.234 e. The molecule has 92 valence electrons. The van der Waals surface area contributed by atoms with E-state index in [2.05, 4.69) is 41.4 Å². The van der Waals surface area contributed by atoms with E-state index in [1.54, 1.807) is 11.3 Å². The van der Waals surface area contributed by atoms with Crippen molar-refractivity contribution in [1.82, 2.24) is 25.1 Å². The van der Waals surface area contributed by atoms with Gasteiger partial charge in [-0.25, -0.2) is 0 Å². The summed E-state index contributed by atoms with van der Waals surface area (Å²) in [6.07, 6.45) is 1.06. The maximum atomic E-state index is 4.64. The minimum absolute atomic E-state index is 0.0111. The molecule has 0 radical (unpaired) electrons. The average molecular weight is 251 g/mol. The molecule has 1 N–H and O–H groups in total. The predicted molar refractivity (Wildman–Crippen MR) is 67.4 cm³/mol. The fourth-order valence-electron chi connectivity index (χ4n) is 1.95. The Kier molecular flexibility index (Phi) is 2.45. The predicted octanol–water partition coefficient (Wildman–Crippen LogP) is 1.25. The fraction of sp³-hybridized carbons (Fsp3) is 0.727. The highest BCUT2D eigenvalue weighted by molar-refractivity contribution is 7.16. The normalized spacial score (nSPS) is 17.6. The molecule has 0 unspecified atom stereocenters. The van der Waals surface area contributed by atoms with Crippen LogP contribution in [0, 0.1) is 5.92 Å². The molecule has 3 rings (SSSR count). The molecule has 6 heteroatoms. The van der Waals surface area contributed by atoms with Gasteiger partial charge in [-0.2, -0.15) is 9.61 Å². The van der Waals surface area contributed by atoms with Crippen molar-refractivity contribution in [2.45, 2.75) is 32.6 Å². The van der Waals surface area contributed by atoms with E-state index in [-0.39, 0.29) is 5.41 Å². The molecule has 0 atom stereocenters. The first kappa shape index (κ1) is 11.1. The molecular formula is C11H17N5S. The van der Waals surface area contributed by atoms with Crippen LogP contribution in [0.25, 0.3) is 4.96 Å². The summed E-state index contributed by atoms with van der Waals surface area (Å²) in [6.45, 7) is 8.65. The molecule has 1 saturated heterocycles. The number of fused-ring (bicyclic) bond motifs is 1. The van der Waals surface area contributed by atoms with Gasteiger partial charge in [0.25, 0.3) is 0 Å². The number of nitrogens with zero attached hydrogens (tertiary/aromatic N) is 4. The quantitative estimate of drug-likeness (QED) is 0.872. The lowest BCUT2D eigenvalue weighted by atomic mass is 9.96. The van der Waals surface area contributed by atoms with Crippen molar-refractivity contribution in [1.29, 1.82) is 0 Å². The lowest BCUT2D eigenvalue weighted by molar-refractivity contribution is 0.345. The van der Waals surface area contributed by atoms with E-state index >= 15 is 0 Å². The van der Waals surface area contributed by atoms with Gasteiger partial charge in [0.1, 0.15) is 5.01 Å². The molecule has 0 aromatic carbocycles. The highest BCUT2D eigenvalue weighted by Crippen LogP contribution is 2.24. The zero-order valence-corrected chi connectivity index (χ0v) is 11.2. The Labute approximate surface area is 104 Å². The van der Waals surface area contributed by atoms with E-state index in [1.165, 1.54) is 5.01 Å². The standard InChI is InChI=1S/C11H17N5S/c1-11(2,3)9-13-14-10-16(9)15-8(17-10)4-7-5-12-6-7/h7,12H,4-6H2,1-3H3. The van der Waals surface area contributed by atoms with Crippen molar-refractivity contribution < 1.29 is 0 Å². The summed E-state index contributed by atoms with van der Waals surface area (Å²) in [5.74, 6) is 1.69. The van der Waals surface area contributed by atoms with Gasteiger partial charge in [0.2, 0.25) is 4.96 Å². The molecule has 3 heterocycles. The van der Waals surface area contributed by atoms with Gasteiger partial charge in [-0.1, -0.05) is 32.1 Å². The Hall–Kier alpha value is -1.01. The fourth-order valence-corrected chi connectivity index (χ4v) is 2.89. The number of hydrogen-bond donors (Lipinski definition) is 1. The molecule has 0 amide bonds. The zero-order chi connectivity index (χ0) is 12.0. The van der Waals surface area contributed by atoms with E-state index in [4.69, 9.17) is 0 Å². The molecule has 0 bridgehead atoms. The Morgan fingerprint density at radius 3 is 2.71 bits per heavy atom. The molecule has 1 aliphatic heterocycles. The summed E-state index contributed by atoms with van der Waals surface area (Å²) in [7, 11) is 0. The summed E-state index contributed by atoms with van der Waals surface area (Å²) in [5, 5.41) is 17.5. The third kappa shape index (κ3) is 1.95. The van der Waals surface area contributed by atoms with Gasteiger partial charge in [0.15, 0.2) is 5.82 Å². The lowest BCUT2D eigenvalue weighted by Gasteiger charge is -2.25. The number of hydrogen-bond acceptors (Lipinski definition) is 5. The van der Waals surface area contributed by atoms with Gasteiger partial charge < -0.3 is 5.32 Å². The third-order valence-electron chi connectivity index (χ3n) is 3.03. The summed E-state index contributed by atoms with van der Waals surface area (Å²) in [6, 6.07) is 0. The van der Waals surface area contributed by atoms with Gasteiger partial charge in [-0.05, 0) is 19.0 Å². The summed E-state index contributed by atoms with van der Waals surface area (Å²) < 4.78 is 1.91. The van der Waals surface area contributed by atoms with E-state index in [9.17, 15) is 0 Å². The van der Waals surface area contributed by atoms with Crippen LogP contribution in [0.15, 0.2) is 0 Å². The summed E-state index contributed by atoms with van der Waals surface area (Å²) in [5.41, 5.74) is -0.0111. The van der Waals surface area contributed by atoms with Crippen LogP contribution >= 0.6 is 11.3 Å². The second kappa shape index (κ2) is 3.74. The van der Waals surface area contributed by atoms with Gasteiger partial charge >= 0.3 is 0 Å². The highest BCUT2D eigenvalue weighted by atomic mass is 32.1. The van der Waals surface area contributed by atoms with Crippen LogP contribution in [-0.2, 0) is 11.8 Å². The van der Waals surface area contributed by atoms with Crippen LogP contribution in [-0.4, -0.2) is 32.9 Å². The molecule has 5 nitrogen and oxygen atoms in total. The Bertz CT molecular complexity index is 532. The molecule has 1 fully saturated rings. The van der Waals surface area contributed by atoms with Gasteiger partial charge in [-0.15, -0.1) is 10.2 Å². The molecule has 0 saturated carbocycles. The monoisotopic (exact) mass is 251 g/mol. The van der Waals surface area contributed by atoms with Gasteiger partial charge in [0, 0.05) is 11.8 Å². The molecule has 0 spiro atoms. The topological polar surface area (TPSA) is 55.1 Å². The van der Waals surface area contributed by atoms with Crippen LogP contribution in [0.5, 0.6) is 0 Å². The molecule has 0 aliphatic carbocycles. The van der Waals surface area contributed by atoms with Crippen molar-refractivity contribution >= 4 is 16.3 Å². The minimum Gasteiger partial charge on any atom is -0.316 e. The maximum absolute atomic E-state index is 4.64. The second-order valence-corrected chi connectivity index (χ2v) is 6.73. The first-order valence-electron chi connectivity index (χ1n) is 5.96. The summed E-state index contributed by atoms with van der Waals surface area (Å²) >= 11 is 1.66. The largest absolute Gasteiger partial charge is 0.316 e. The van der Waals surface area contributed by atoms with Gasteiger partial charge in [-0.3, -0.25) is 0 Å². The molecule has 1 aliphatic rings. The first-order valence-corrected chi connectivity index (χ1v) is 6.78. The van der Waals surface area contributed by atoms with E-state index in [0.717, 1.165) is 36.2 Å². The number of nitrogens with one attached hydrogen (secondary N) is 1. The smallest absolute Gasteiger partial charge is 0.234 e. The van der Waals surface area contributed by atoms with Crippen molar-refractivity contribution in [2.24, 2.45) is 5.92 Å². The van der Waals surface area contributed by atoms with Crippen LogP contribution in [0.2, 0.25) is 0 Å². The SMILES string of the molecule is CC(C)(C)c1nnc2sc(CC3CNC3)nn12. The second-order valence-electron chi connectivity index (χ2n) is 5.69. The van der Waals surface area contributed by atoms with Crippen LogP contribution in [0.3, 0.4) is 0 Å². The van der Waals surface area contributed by atoms with Crippen LogP contribution < -0.4 is 5.32 Å². The highest BCUT2D eigenvalue weighted by Gasteiger charge is 2.24. The Balaban J connectivity index is 1.93. The lowest BCUT2D eigenvalue weighted by Crippen LogP contribution is -2.43. The molecular weight excluding hydrogens is 234 g/mol. The van der Waals surface area contributed by atoms with Crippen molar-refractivity contribution in [3.8, 4) is 0 Å². The van der Waals surface area contributed by atoms with E-state index in [1.807, 2.05) is 4.52 Å². The molecule has 2 aromatic heterocycles. The van der Waals surface area contributed by atoms with Gasteiger partial charge in [0.05, 0.1) is 0 Å². The first-order chi connectivity index (χ1) is 8.04. The average Bonchev–Trinajstić information content (AvgIpc) is 2.66. The van der Waals surface area contributed by atoms with Crippen LogP contribution in [0.4, 0.5) is 0 Å². The summed E-state index contributed by atoms with van der Waals surface area (Å²) in [4.78, 5) is 0.914. The van der Waals surface area contributed by atoms with Crippen molar-refractivity contribution in [3.05, 3.63) is 10.8 Å². The molecule has 17 heavy (non-hydrogen) atoms. The van der Waals surface area contributed by atoms with Crippen molar-refractivity contribution in [2.75, 3.05) is 13.1 Å². The third-order valence-corrected chi connectivity index (χ3v) is 3.95. The Morgan fingerprint density at radius 2 is 2.12 bits per heavy atom. The van der Waals surface area contributed by atoms with Crippen LogP contribution in [0.1, 0.15) is 31.6 Å². The number of aromatic nitrogens is 4. The molecule has 2 aromatic rings. The minimum atomic E-state index is -0.0111. The van der Waals surface area contributed by atoms with Crippen molar-refractivity contribution in [3.63, 3.8) is 0 Å². The van der Waals surface area contributed by atoms with E-state index in [0.29, 0.717) is 0 Å². The zero-order valence-electron chi connectivity index (χ0n) is 10.4.